The molecular formula is C23H35N. The molecule has 1 heterocycles. The van der Waals surface area contributed by atoms with Crippen molar-refractivity contribution in [2.24, 2.45) is 5.92 Å². The lowest BCUT2D eigenvalue weighted by Gasteiger charge is -2.36. The third-order valence-electron chi connectivity index (χ3n) is 6.06. The molecule has 0 amide bonds. The first-order valence-electron chi connectivity index (χ1n) is 9.87. The molecule has 132 valence electrons. The molecule has 2 aromatic rings. The van der Waals surface area contributed by atoms with Crippen LogP contribution in [0.4, 0.5) is 0 Å². The molecule has 0 fully saturated rings. The predicted molar refractivity (Wildman–Crippen MR) is 107 cm³/mol. The van der Waals surface area contributed by atoms with E-state index < -0.39 is 0 Å². The van der Waals surface area contributed by atoms with Crippen molar-refractivity contribution in [1.82, 2.24) is 4.98 Å². The number of rotatable bonds is 8. The van der Waals surface area contributed by atoms with Crippen LogP contribution in [0.15, 0.2) is 24.3 Å². The molecule has 0 saturated carbocycles. The van der Waals surface area contributed by atoms with E-state index >= 15 is 0 Å². The van der Waals surface area contributed by atoms with E-state index in [1.807, 2.05) is 0 Å². The summed E-state index contributed by atoms with van der Waals surface area (Å²) >= 11 is 0. The number of unbranched alkanes of at least 4 members (excludes halogenated alkanes) is 2. The van der Waals surface area contributed by atoms with Crippen LogP contribution < -0.4 is 0 Å². The minimum absolute atomic E-state index is 0.258. The van der Waals surface area contributed by atoms with E-state index in [0.717, 1.165) is 17.6 Å². The minimum atomic E-state index is 0.258. The number of pyridine rings is 1. The van der Waals surface area contributed by atoms with Crippen LogP contribution in [0.3, 0.4) is 0 Å². The van der Waals surface area contributed by atoms with Crippen molar-refractivity contribution in [1.29, 1.82) is 0 Å². The summed E-state index contributed by atoms with van der Waals surface area (Å²) in [7, 11) is 0. The molecule has 2 rings (SSSR count). The summed E-state index contributed by atoms with van der Waals surface area (Å²) in [5.74, 6) is 0.690. The van der Waals surface area contributed by atoms with Gasteiger partial charge in [0.15, 0.2) is 0 Å². The lowest BCUT2D eigenvalue weighted by atomic mass is 9.68. The molecule has 0 spiro atoms. The Kier molecular flexibility index (Phi) is 6.43. The van der Waals surface area contributed by atoms with E-state index in [2.05, 4.69) is 65.8 Å². The molecule has 1 aromatic carbocycles. The molecule has 0 aliphatic heterocycles. The highest BCUT2D eigenvalue weighted by atomic mass is 14.7. The molecule has 0 N–H and O–H groups in total. The predicted octanol–water partition coefficient (Wildman–Crippen LogP) is 6.99. The van der Waals surface area contributed by atoms with Crippen molar-refractivity contribution in [3.8, 4) is 0 Å². The van der Waals surface area contributed by atoms with Crippen molar-refractivity contribution in [2.75, 3.05) is 0 Å². The zero-order valence-corrected chi connectivity index (χ0v) is 16.6. The molecule has 1 unspecified atom stereocenters. The highest BCUT2D eigenvalue weighted by Gasteiger charge is 2.31. The van der Waals surface area contributed by atoms with Gasteiger partial charge in [-0.2, -0.15) is 0 Å². The Morgan fingerprint density at radius 1 is 1.08 bits per heavy atom. The van der Waals surface area contributed by atoms with Crippen LogP contribution in [0.1, 0.15) is 83.5 Å². The van der Waals surface area contributed by atoms with Gasteiger partial charge in [-0.1, -0.05) is 66.4 Å². The van der Waals surface area contributed by atoms with Gasteiger partial charge in [0.05, 0.1) is 5.52 Å². The quantitative estimate of drug-likeness (QED) is 0.477. The van der Waals surface area contributed by atoms with Gasteiger partial charge in [-0.05, 0) is 60.4 Å². The fourth-order valence-corrected chi connectivity index (χ4v) is 3.96. The summed E-state index contributed by atoms with van der Waals surface area (Å²) in [5, 5.41) is 1.35. The topological polar surface area (TPSA) is 12.9 Å². The van der Waals surface area contributed by atoms with E-state index in [-0.39, 0.29) is 5.41 Å². The molecule has 1 aromatic heterocycles. The summed E-state index contributed by atoms with van der Waals surface area (Å²) in [6.45, 7) is 13.9. The van der Waals surface area contributed by atoms with Crippen molar-refractivity contribution in [3.05, 3.63) is 41.1 Å². The first kappa shape index (κ1) is 19.0. The average Bonchev–Trinajstić information content (AvgIpc) is 2.59. The normalized spacial score (nSPS) is 15.4. The second kappa shape index (κ2) is 8.14. The molecule has 0 aliphatic rings. The third-order valence-corrected chi connectivity index (χ3v) is 6.06. The van der Waals surface area contributed by atoms with Gasteiger partial charge < -0.3 is 0 Å². The maximum atomic E-state index is 4.75. The van der Waals surface area contributed by atoms with E-state index in [4.69, 9.17) is 4.98 Å². The van der Waals surface area contributed by atoms with Crippen LogP contribution in [0.5, 0.6) is 0 Å². The summed E-state index contributed by atoms with van der Waals surface area (Å²) < 4.78 is 0. The third kappa shape index (κ3) is 3.82. The monoisotopic (exact) mass is 325 g/mol. The molecule has 0 bridgehead atoms. The molecule has 0 aliphatic carbocycles. The Morgan fingerprint density at radius 3 is 2.46 bits per heavy atom. The van der Waals surface area contributed by atoms with Crippen LogP contribution >= 0.6 is 0 Å². The smallest absolute Gasteiger partial charge is 0.0708 e. The van der Waals surface area contributed by atoms with Crippen LogP contribution in [-0.4, -0.2) is 4.98 Å². The Bertz CT molecular complexity index is 673. The van der Waals surface area contributed by atoms with E-state index in [0.29, 0.717) is 5.92 Å². The van der Waals surface area contributed by atoms with Gasteiger partial charge in [0.1, 0.15) is 0 Å². The lowest BCUT2D eigenvalue weighted by molar-refractivity contribution is 0.276. The zero-order chi connectivity index (χ0) is 17.7. The number of nitrogens with zero attached hydrogens (tertiary/aromatic N) is 1. The number of benzene rings is 1. The molecule has 1 nitrogen and oxygen atoms in total. The fourth-order valence-electron chi connectivity index (χ4n) is 3.96. The van der Waals surface area contributed by atoms with Gasteiger partial charge in [-0.25, -0.2) is 0 Å². The van der Waals surface area contributed by atoms with Crippen molar-refractivity contribution < 1.29 is 0 Å². The Labute approximate surface area is 148 Å². The second-order valence-electron chi connectivity index (χ2n) is 7.69. The van der Waals surface area contributed by atoms with Gasteiger partial charge in [-0.3, -0.25) is 4.98 Å². The summed E-state index contributed by atoms with van der Waals surface area (Å²) in [6, 6.07) is 9.28. The number of hydrogen-bond acceptors (Lipinski definition) is 1. The van der Waals surface area contributed by atoms with Crippen molar-refractivity contribution in [3.63, 3.8) is 0 Å². The largest absolute Gasteiger partial charge is 0.253 e. The Balaban J connectivity index is 2.51. The van der Waals surface area contributed by atoms with Gasteiger partial charge in [-0.15, -0.1) is 0 Å². The van der Waals surface area contributed by atoms with Gasteiger partial charge in [0, 0.05) is 11.1 Å². The van der Waals surface area contributed by atoms with Crippen molar-refractivity contribution in [2.45, 2.75) is 85.5 Å². The molecule has 24 heavy (non-hydrogen) atoms. The maximum absolute atomic E-state index is 4.75. The Morgan fingerprint density at radius 2 is 1.83 bits per heavy atom. The molecule has 1 heteroatoms. The maximum Gasteiger partial charge on any atom is 0.0708 e. The van der Waals surface area contributed by atoms with E-state index in [1.165, 1.54) is 48.6 Å². The summed E-state index contributed by atoms with van der Waals surface area (Å²) in [4.78, 5) is 4.75. The first-order chi connectivity index (χ1) is 11.5. The molecule has 2 atom stereocenters. The number of aromatic nitrogens is 1. The summed E-state index contributed by atoms with van der Waals surface area (Å²) in [6.07, 6.45) is 7.52. The van der Waals surface area contributed by atoms with Crippen molar-refractivity contribution >= 4 is 10.9 Å². The molecular weight excluding hydrogens is 290 g/mol. The Hall–Kier alpha value is -1.37. The zero-order valence-electron chi connectivity index (χ0n) is 16.6. The lowest BCUT2D eigenvalue weighted by Crippen LogP contribution is -2.30. The van der Waals surface area contributed by atoms with Gasteiger partial charge in [0.2, 0.25) is 0 Å². The van der Waals surface area contributed by atoms with E-state index in [9.17, 15) is 0 Å². The highest BCUT2D eigenvalue weighted by Crippen LogP contribution is 2.40. The SMILES string of the molecule is CCCCC[C@@](C)(c1ccc2nc(C)cc(CC)c2c1)C(C)CC. The van der Waals surface area contributed by atoms with Crippen LogP contribution in [0.25, 0.3) is 10.9 Å². The van der Waals surface area contributed by atoms with Crippen LogP contribution in [0.2, 0.25) is 0 Å². The summed E-state index contributed by atoms with van der Waals surface area (Å²) in [5.41, 5.74) is 5.46. The van der Waals surface area contributed by atoms with Crippen LogP contribution in [0, 0.1) is 12.8 Å². The number of fused-ring (bicyclic) bond motifs is 1. The number of aryl methyl sites for hydroxylation is 2. The fraction of sp³-hybridized carbons (Fsp3) is 0.609. The first-order valence-corrected chi connectivity index (χ1v) is 9.87. The highest BCUT2D eigenvalue weighted by molar-refractivity contribution is 5.83. The second-order valence-corrected chi connectivity index (χ2v) is 7.69. The minimum Gasteiger partial charge on any atom is -0.253 e. The van der Waals surface area contributed by atoms with E-state index in [1.54, 1.807) is 0 Å². The molecule has 0 saturated heterocycles. The van der Waals surface area contributed by atoms with Gasteiger partial charge in [0.25, 0.3) is 0 Å². The standard InChI is InChI=1S/C23H35N/c1-7-10-11-14-23(6,17(4)8-2)20-12-13-22-21(16-20)19(9-3)15-18(5)24-22/h12-13,15-17H,7-11,14H2,1-6H3/t17?,23-/m1/s1. The average molecular weight is 326 g/mol. The molecule has 0 radical (unpaired) electrons. The van der Waals surface area contributed by atoms with Gasteiger partial charge >= 0.3 is 0 Å². The van der Waals surface area contributed by atoms with Crippen LogP contribution in [-0.2, 0) is 11.8 Å². The number of hydrogen-bond donors (Lipinski definition) is 0.